The molecule has 0 spiro atoms. The van der Waals surface area contributed by atoms with E-state index >= 15 is 0 Å². The molecule has 0 atom stereocenters. The van der Waals surface area contributed by atoms with Crippen molar-refractivity contribution in [1.29, 1.82) is 0 Å². The lowest BCUT2D eigenvalue weighted by Gasteiger charge is -2.09. The lowest BCUT2D eigenvalue weighted by Crippen LogP contribution is -2.25. The number of nitrogens with one attached hydrogen (secondary N) is 2. The maximum Gasteiger partial charge on any atom is 0.259 e. The second kappa shape index (κ2) is 8.47. The Morgan fingerprint density at radius 3 is 2.43 bits per heavy atom. The summed E-state index contributed by atoms with van der Waals surface area (Å²) in [6.07, 6.45) is 1.56. The van der Waals surface area contributed by atoms with Crippen LogP contribution < -0.4 is 10.7 Å². The summed E-state index contributed by atoms with van der Waals surface area (Å²) in [6.45, 7) is 2.12. The molecule has 0 aliphatic heterocycles. The molecule has 23 heavy (non-hydrogen) atoms. The number of benzene rings is 2. The van der Waals surface area contributed by atoms with Crippen molar-refractivity contribution in [1.82, 2.24) is 5.43 Å². The Hall–Kier alpha value is -1.37. The quantitative estimate of drug-likeness (QED) is 0.502. The van der Waals surface area contributed by atoms with Crippen molar-refractivity contribution in [2.24, 2.45) is 5.10 Å². The summed E-state index contributed by atoms with van der Waals surface area (Å²) in [5.74, 6) is -0.233. The largest absolute Gasteiger partial charge is 0.376 e. The fourth-order valence-corrected chi connectivity index (χ4v) is 3.01. The number of hydrogen-bond acceptors (Lipinski definition) is 3. The van der Waals surface area contributed by atoms with Crippen molar-refractivity contribution in [3.05, 3.63) is 61.5 Å². The Morgan fingerprint density at radius 2 is 1.83 bits per heavy atom. The highest BCUT2D eigenvalue weighted by Crippen LogP contribution is 2.28. The summed E-state index contributed by atoms with van der Waals surface area (Å²) >= 11 is 12.7. The normalized spacial score (nSPS) is 10.8. The molecule has 2 aromatic rings. The molecule has 0 fully saturated rings. The van der Waals surface area contributed by atoms with E-state index in [0.29, 0.717) is 5.02 Å². The summed E-state index contributed by atoms with van der Waals surface area (Å²) < 4.78 is 1.94. The average molecular weight is 460 g/mol. The first-order chi connectivity index (χ1) is 11.0. The first-order valence-corrected chi connectivity index (χ1v) is 8.69. The van der Waals surface area contributed by atoms with Crippen LogP contribution in [0.4, 0.5) is 5.69 Å². The van der Waals surface area contributed by atoms with Crippen LogP contribution in [0.3, 0.4) is 0 Å². The fourth-order valence-electron chi connectivity index (χ4n) is 1.70. The maximum atomic E-state index is 11.8. The number of nitrogens with zero attached hydrogens (tertiary/aromatic N) is 1. The average Bonchev–Trinajstić information content (AvgIpc) is 2.52. The molecule has 0 aromatic heterocycles. The van der Waals surface area contributed by atoms with Crippen LogP contribution in [0, 0.1) is 6.92 Å². The van der Waals surface area contributed by atoms with Crippen molar-refractivity contribution < 1.29 is 4.79 Å². The van der Waals surface area contributed by atoms with Crippen molar-refractivity contribution in [2.45, 2.75) is 6.92 Å². The molecular formula is C16H14Br2ClN3O. The lowest BCUT2D eigenvalue weighted by atomic mass is 10.2. The minimum atomic E-state index is -0.233. The zero-order valence-corrected chi connectivity index (χ0v) is 16.2. The molecule has 2 rings (SSSR count). The maximum absolute atomic E-state index is 11.8. The third kappa shape index (κ3) is 5.64. The molecule has 0 heterocycles. The molecule has 7 heteroatoms. The molecular weight excluding hydrogens is 445 g/mol. The van der Waals surface area contributed by atoms with Crippen molar-refractivity contribution in [2.75, 3.05) is 11.9 Å². The number of anilines is 1. The molecule has 1 amide bonds. The number of rotatable bonds is 5. The minimum Gasteiger partial charge on any atom is -0.376 e. The topological polar surface area (TPSA) is 53.5 Å². The fraction of sp³-hybridized carbons (Fsp3) is 0.125. The van der Waals surface area contributed by atoms with Gasteiger partial charge in [0.05, 0.1) is 12.8 Å². The van der Waals surface area contributed by atoms with Crippen LogP contribution >= 0.6 is 43.5 Å². The van der Waals surface area contributed by atoms with Crippen LogP contribution in [-0.2, 0) is 4.79 Å². The molecule has 0 saturated heterocycles. The van der Waals surface area contributed by atoms with E-state index in [1.807, 2.05) is 31.2 Å². The van der Waals surface area contributed by atoms with E-state index in [0.717, 1.165) is 25.8 Å². The zero-order valence-electron chi connectivity index (χ0n) is 12.2. The van der Waals surface area contributed by atoms with Crippen LogP contribution in [0.5, 0.6) is 0 Å². The number of hydrazone groups is 1. The Balaban J connectivity index is 1.84. The standard InChI is InChI=1S/C16H14Br2ClN3O/c1-10-14(17)6-13(7-15(10)18)20-9-16(23)22-21-8-11-2-4-12(19)5-3-11/h2-8,20H,9H2,1H3,(H,22,23). The number of halogens is 3. The van der Waals surface area contributed by atoms with Gasteiger partial charge in [-0.05, 0) is 42.3 Å². The van der Waals surface area contributed by atoms with E-state index in [1.54, 1.807) is 18.3 Å². The van der Waals surface area contributed by atoms with Crippen LogP contribution in [-0.4, -0.2) is 18.7 Å². The van der Waals surface area contributed by atoms with Gasteiger partial charge < -0.3 is 5.32 Å². The van der Waals surface area contributed by atoms with Crippen LogP contribution in [0.1, 0.15) is 11.1 Å². The highest BCUT2D eigenvalue weighted by atomic mass is 79.9. The van der Waals surface area contributed by atoms with Crippen molar-refractivity contribution >= 4 is 61.3 Å². The summed E-state index contributed by atoms with van der Waals surface area (Å²) in [5, 5.41) is 7.61. The summed E-state index contributed by atoms with van der Waals surface area (Å²) in [6, 6.07) is 11.0. The summed E-state index contributed by atoms with van der Waals surface area (Å²) in [4.78, 5) is 11.8. The molecule has 0 saturated carbocycles. The second-order valence-corrected chi connectivity index (χ2v) is 6.91. The molecule has 120 valence electrons. The van der Waals surface area contributed by atoms with Gasteiger partial charge in [-0.15, -0.1) is 0 Å². The lowest BCUT2D eigenvalue weighted by molar-refractivity contribution is -0.119. The van der Waals surface area contributed by atoms with Gasteiger partial charge in [0.15, 0.2) is 0 Å². The molecule has 0 aliphatic rings. The number of amides is 1. The Bertz CT molecular complexity index is 710. The zero-order chi connectivity index (χ0) is 16.8. The van der Waals surface area contributed by atoms with E-state index < -0.39 is 0 Å². The predicted molar refractivity (Wildman–Crippen MR) is 102 cm³/mol. The first-order valence-electron chi connectivity index (χ1n) is 6.72. The summed E-state index contributed by atoms with van der Waals surface area (Å²) in [7, 11) is 0. The predicted octanol–water partition coefficient (Wildman–Crippen LogP) is 4.74. The highest BCUT2D eigenvalue weighted by molar-refractivity contribution is 9.11. The van der Waals surface area contributed by atoms with Gasteiger partial charge in [0.2, 0.25) is 0 Å². The molecule has 0 bridgehead atoms. The van der Waals surface area contributed by atoms with Gasteiger partial charge >= 0.3 is 0 Å². The molecule has 4 nitrogen and oxygen atoms in total. The minimum absolute atomic E-state index is 0.125. The Labute approximate surface area is 156 Å². The monoisotopic (exact) mass is 457 g/mol. The van der Waals surface area contributed by atoms with Gasteiger partial charge in [0.1, 0.15) is 0 Å². The van der Waals surface area contributed by atoms with Gasteiger partial charge in [-0.25, -0.2) is 5.43 Å². The second-order valence-electron chi connectivity index (χ2n) is 4.76. The molecule has 0 radical (unpaired) electrons. The van der Waals surface area contributed by atoms with Crippen molar-refractivity contribution in [3.63, 3.8) is 0 Å². The van der Waals surface area contributed by atoms with Gasteiger partial charge in [-0.3, -0.25) is 4.79 Å². The van der Waals surface area contributed by atoms with E-state index in [2.05, 4.69) is 47.7 Å². The molecule has 0 unspecified atom stereocenters. The Kier molecular flexibility index (Phi) is 6.62. The van der Waals surface area contributed by atoms with Gasteiger partial charge in [-0.2, -0.15) is 5.10 Å². The van der Waals surface area contributed by atoms with E-state index in [4.69, 9.17) is 11.6 Å². The number of hydrogen-bond donors (Lipinski definition) is 2. The van der Waals surface area contributed by atoms with Gasteiger partial charge in [0, 0.05) is 19.7 Å². The van der Waals surface area contributed by atoms with Crippen LogP contribution in [0.25, 0.3) is 0 Å². The first kappa shape index (κ1) is 18.0. The van der Waals surface area contributed by atoms with Crippen molar-refractivity contribution in [3.8, 4) is 0 Å². The highest BCUT2D eigenvalue weighted by Gasteiger charge is 2.05. The number of carbonyl (C=O) groups excluding carboxylic acids is 1. The smallest absolute Gasteiger partial charge is 0.259 e. The third-order valence-electron chi connectivity index (χ3n) is 3.01. The molecule has 2 N–H and O–H groups in total. The Morgan fingerprint density at radius 1 is 1.22 bits per heavy atom. The van der Waals surface area contributed by atoms with Crippen LogP contribution in [0.2, 0.25) is 5.02 Å². The van der Waals surface area contributed by atoms with Gasteiger partial charge in [-0.1, -0.05) is 55.6 Å². The molecule has 0 aliphatic carbocycles. The van der Waals surface area contributed by atoms with E-state index in [1.165, 1.54) is 0 Å². The van der Waals surface area contributed by atoms with Gasteiger partial charge in [0.25, 0.3) is 5.91 Å². The molecule has 2 aromatic carbocycles. The van der Waals surface area contributed by atoms with E-state index in [-0.39, 0.29) is 12.5 Å². The number of carbonyl (C=O) groups is 1. The van der Waals surface area contributed by atoms with E-state index in [9.17, 15) is 4.79 Å². The SMILES string of the molecule is Cc1c(Br)cc(NCC(=O)NN=Cc2ccc(Cl)cc2)cc1Br. The van der Waals surface area contributed by atoms with Crippen LogP contribution in [0.15, 0.2) is 50.4 Å². The third-order valence-corrected chi connectivity index (χ3v) is 4.91. The summed E-state index contributed by atoms with van der Waals surface area (Å²) in [5.41, 5.74) is 5.27.